The summed E-state index contributed by atoms with van der Waals surface area (Å²) in [6, 6.07) is 11.7. The van der Waals surface area contributed by atoms with E-state index in [4.69, 9.17) is 33.3 Å². The van der Waals surface area contributed by atoms with Gasteiger partial charge in [0.2, 0.25) is 0 Å². The Morgan fingerprint density at radius 2 is 1.93 bits per heavy atom. The van der Waals surface area contributed by atoms with Crippen LogP contribution in [0.4, 0.5) is 0 Å². The Kier molecular flexibility index (Phi) is 7.84. The SMILES string of the molecule is CCOc1cc(/C=C2\SC(=S)N(CC)C2=O)cc(Cl)c1OCc1ccc(I)cc1. The van der Waals surface area contributed by atoms with Gasteiger partial charge in [0.05, 0.1) is 16.5 Å². The van der Waals surface area contributed by atoms with E-state index in [0.29, 0.717) is 45.5 Å². The van der Waals surface area contributed by atoms with E-state index in [9.17, 15) is 4.79 Å². The molecule has 2 aromatic carbocycles. The predicted molar refractivity (Wildman–Crippen MR) is 132 cm³/mol. The van der Waals surface area contributed by atoms with E-state index in [0.717, 1.165) is 14.7 Å². The maximum Gasteiger partial charge on any atom is 0.266 e. The number of thiocarbonyl (C=S) groups is 1. The first-order chi connectivity index (χ1) is 13.9. The molecular weight excluding hydrogens is 541 g/mol. The Hall–Kier alpha value is -1.29. The van der Waals surface area contributed by atoms with Crippen LogP contribution in [0.25, 0.3) is 6.08 Å². The van der Waals surface area contributed by atoms with Crippen LogP contribution in [-0.2, 0) is 11.4 Å². The van der Waals surface area contributed by atoms with Crippen molar-refractivity contribution in [2.45, 2.75) is 20.5 Å². The van der Waals surface area contributed by atoms with Gasteiger partial charge in [-0.05, 0) is 77.9 Å². The van der Waals surface area contributed by atoms with E-state index in [1.54, 1.807) is 17.0 Å². The molecule has 0 aromatic heterocycles. The molecule has 1 fully saturated rings. The molecule has 1 amide bonds. The number of ether oxygens (including phenoxy) is 2. The van der Waals surface area contributed by atoms with Crippen LogP contribution in [0.3, 0.4) is 0 Å². The van der Waals surface area contributed by atoms with E-state index in [1.165, 1.54) is 11.8 Å². The van der Waals surface area contributed by atoms with Crippen LogP contribution >= 0.6 is 58.2 Å². The third-order valence-corrected chi connectivity index (χ3v) is 6.49. The lowest BCUT2D eigenvalue weighted by Crippen LogP contribution is -2.27. The number of carbonyl (C=O) groups excluding carboxylic acids is 1. The minimum atomic E-state index is -0.0874. The van der Waals surface area contributed by atoms with Crippen molar-refractivity contribution in [2.75, 3.05) is 13.2 Å². The van der Waals surface area contributed by atoms with Gasteiger partial charge in [-0.15, -0.1) is 0 Å². The summed E-state index contributed by atoms with van der Waals surface area (Å²) in [4.78, 5) is 14.6. The smallest absolute Gasteiger partial charge is 0.266 e. The highest BCUT2D eigenvalue weighted by Crippen LogP contribution is 2.39. The zero-order chi connectivity index (χ0) is 21.0. The van der Waals surface area contributed by atoms with Gasteiger partial charge in [-0.1, -0.05) is 47.7 Å². The van der Waals surface area contributed by atoms with Crippen molar-refractivity contribution in [1.29, 1.82) is 0 Å². The molecule has 29 heavy (non-hydrogen) atoms. The number of likely N-dealkylation sites (N-methyl/N-ethyl adjacent to an activating group) is 1. The van der Waals surface area contributed by atoms with Crippen LogP contribution in [0.2, 0.25) is 5.02 Å². The maximum atomic E-state index is 12.5. The van der Waals surface area contributed by atoms with Gasteiger partial charge < -0.3 is 9.47 Å². The van der Waals surface area contributed by atoms with E-state index in [-0.39, 0.29) is 5.91 Å². The van der Waals surface area contributed by atoms with Gasteiger partial charge in [0.15, 0.2) is 11.5 Å². The summed E-state index contributed by atoms with van der Waals surface area (Å²) in [5.74, 6) is 0.948. The summed E-state index contributed by atoms with van der Waals surface area (Å²) in [5, 5.41) is 0.429. The molecule has 1 saturated heterocycles. The minimum absolute atomic E-state index is 0.0874. The summed E-state index contributed by atoms with van der Waals surface area (Å²) in [6.07, 6.45) is 1.78. The molecular formula is C21H19ClINO3S2. The second-order valence-electron chi connectivity index (χ2n) is 6.10. The van der Waals surface area contributed by atoms with E-state index in [1.807, 2.05) is 44.2 Å². The number of nitrogens with zero attached hydrogens (tertiary/aromatic N) is 1. The topological polar surface area (TPSA) is 38.8 Å². The van der Waals surface area contributed by atoms with E-state index in [2.05, 4.69) is 22.6 Å². The van der Waals surface area contributed by atoms with Gasteiger partial charge in [-0.3, -0.25) is 9.69 Å². The molecule has 8 heteroatoms. The van der Waals surface area contributed by atoms with Crippen molar-refractivity contribution in [2.24, 2.45) is 0 Å². The first-order valence-corrected chi connectivity index (χ1v) is 11.7. The summed E-state index contributed by atoms with van der Waals surface area (Å²) in [5.41, 5.74) is 1.80. The number of carbonyl (C=O) groups is 1. The molecule has 0 bridgehead atoms. The molecule has 0 unspecified atom stereocenters. The Bertz CT molecular complexity index is 963. The number of hydrogen-bond donors (Lipinski definition) is 0. The number of benzene rings is 2. The van der Waals surface area contributed by atoms with Crippen LogP contribution in [0, 0.1) is 3.57 Å². The monoisotopic (exact) mass is 559 g/mol. The molecule has 4 nitrogen and oxygen atoms in total. The number of hydrogen-bond acceptors (Lipinski definition) is 5. The third kappa shape index (κ3) is 5.45. The van der Waals surface area contributed by atoms with Gasteiger partial charge in [-0.25, -0.2) is 0 Å². The Morgan fingerprint density at radius 1 is 1.21 bits per heavy atom. The maximum absolute atomic E-state index is 12.5. The quantitative estimate of drug-likeness (QED) is 0.231. The first-order valence-electron chi connectivity index (χ1n) is 9.01. The lowest BCUT2D eigenvalue weighted by Gasteiger charge is -2.15. The largest absolute Gasteiger partial charge is 0.490 e. The highest BCUT2D eigenvalue weighted by Gasteiger charge is 2.30. The minimum Gasteiger partial charge on any atom is -0.490 e. The Morgan fingerprint density at radius 3 is 2.55 bits per heavy atom. The fraction of sp³-hybridized carbons (Fsp3) is 0.238. The first kappa shape index (κ1) is 22.4. The molecule has 3 rings (SSSR count). The van der Waals surface area contributed by atoms with Gasteiger partial charge >= 0.3 is 0 Å². The lowest BCUT2D eigenvalue weighted by atomic mass is 10.1. The summed E-state index contributed by atoms with van der Waals surface area (Å²) >= 11 is 15.3. The molecule has 0 saturated carbocycles. The summed E-state index contributed by atoms with van der Waals surface area (Å²) in [6.45, 7) is 5.20. The molecule has 1 aliphatic heterocycles. The average Bonchev–Trinajstić information content (AvgIpc) is 2.95. The van der Waals surface area contributed by atoms with Crippen LogP contribution in [0.5, 0.6) is 11.5 Å². The fourth-order valence-corrected chi connectivity index (χ4v) is 4.75. The van der Waals surface area contributed by atoms with E-state index < -0.39 is 0 Å². The number of amides is 1. The molecule has 0 atom stereocenters. The van der Waals surface area contributed by atoms with Crippen molar-refractivity contribution >= 4 is 74.5 Å². The van der Waals surface area contributed by atoms with Gasteiger partial charge in [0, 0.05) is 10.1 Å². The zero-order valence-corrected chi connectivity index (χ0v) is 20.5. The van der Waals surface area contributed by atoms with Crippen LogP contribution in [0.1, 0.15) is 25.0 Å². The molecule has 0 aliphatic carbocycles. The highest BCUT2D eigenvalue weighted by molar-refractivity contribution is 14.1. The van der Waals surface area contributed by atoms with Crippen LogP contribution in [-0.4, -0.2) is 28.3 Å². The van der Waals surface area contributed by atoms with Gasteiger partial charge in [-0.2, -0.15) is 0 Å². The highest BCUT2D eigenvalue weighted by atomic mass is 127. The summed E-state index contributed by atoms with van der Waals surface area (Å²) in [7, 11) is 0. The fourth-order valence-electron chi connectivity index (χ4n) is 2.73. The molecule has 0 radical (unpaired) electrons. The Balaban J connectivity index is 1.86. The second-order valence-corrected chi connectivity index (χ2v) is 9.43. The molecule has 0 N–H and O–H groups in total. The Labute approximate surface area is 198 Å². The molecule has 1 aliphatic rings. The lowest BCUT2D eigenvalue weighted by molar-refractivity contribution is -0.121. The molecule has 152 valence electrons. The van der Waals surface area contributed by atoms with E-state index >= 15 is 0 Å². The van der Waals surface area contributed by atoms with Crippen molar-refractivity contribution in [3.63, 3.8) is 0 Å². The van der Waals surface area contributed by atoms with Crippen LogP contribution in [0.15, 0.2) is 41.3 Å². The van der Waals surface area contributed by atoms with Gasteiger partial charge in [0.25, 0.3) is 5.91 Å². The second kappa shape index (κ2) is 10.1. The van der Waals surface area contributed by atoms with Crippen molar-refractivity contribution < 1.29 is 14.3 Å². The normalized spacial score (nSPS) is 15.3. The molecule has 1 heterocycles. The zero-order valence-electron chi connectivity index (χ0n) is 15.9. The summed E-state index contributed by atoms with van der Waals surface area (Å²) < 4.78 is 13.4. The van der Waals surface area contributed by atoms with Crippen molar-refractivity contribution in [3.8, 4) is 11.5 Å². The molecule has 2 aromatic rings. The molecule has 0 spiro atoms. The van der Waals surface area contributed by atoms with Crippen molar-refractivity contribution in [3.05, 3.63) is 61.0 Å². The van der Waals surface area contributed by atoms with Gasteiger partial charge in [0.1, 0.15) is 10.9 Å². The number of thioether (sulfide) groups is 1. The number of rotatable bonds is 7. The predicted octanol–water partition coefficient (Wildman–Crippen LogP) is 6.14. The third-order valence-electron chi connectivity index (χ3n) is 4.12. The van der Waals surface area contributed by atoms with Crippen molar-refractivity contribution in [1.82, 2.24) is 4.90 Å². The standard InChI is InChI=1S/C21H19ClINO3S2/c1-3-24-20(25)18(29-21(24)28)11-14-9-16(22)19(17(10-14)26-4-2)27-12-13-5-7-15(23)8-6-13/h5-11H,3-4,12H2,1-2H3/b18-11-. The van der Waals surface area contributed by atoms with Crippen LogP contribution < -0.4 is 9.47 Å². The average molecular weight is 560 g/mol. The number of halogens is 2.